The van der Waals surface area contributed by atoms with Crippen molar-refractivity contribution in [1.82, 2.24) is 5.32 Å². The van der Waals surface area contributed by atoms with E-state index >= 15 is 0 Å². The SMILES string of the molecule is CC/C=C/C/C=C/C/C=C/C/C=C/C/C=C/CCC(=O)OC(CCCCC/C=C\CCCCC)CC(=O)NC(CO)C(O)CCCCCCCCCCCCCCCCC. The van der Waals surface area contributed by atoms with Crippen LogP contribution >= 0.6 is 0 Å². The minimum atomic E-state index is -0.805. The summed E-state index contributed by atoms with van der Waals surface area (Å²) in [5.41, 5.74) is 0. The van der Waals surface area contributed by atoms with Gasteiger partial charge in [0.2, 0.25) is 5.91 Å². The molecule has 0 heterocycles. The topological polar surface area (TPSA) is 95.9 Å². The maximum atomic E-state index is 13.2. The molecule has 1 amide bonds. The van der Waals surface area contributed by atoms with Gasteiger partial charge < -0.3 is 20.3 Å². The Kier molecular flexibility index (Phi) is 45.2. The van der Waals surface area contributed by atoms with Crippen LogP contribution in [0.3, 0.4) is 0 Å². The largest absolute Gasteiger partial charge is 0.462 e. The second kappa shape index (κ2) is 47.4. The molecule has 0 radical (unpaired) electrons. The number of aliphatic hydroxyl groups excluding tert-OH is 2. The number of hydrogen-bond donors (Lipinski definition) is 3. The molecule has 346 valence electrons. The van der Waals surface area contributed by atoms with Gasteiger partial charge in [0.05, 0.1) is 25.2 Å². The molecule has 0 aromatic carbocycles. The summed E-state index contributed by atoms with van der Waals surface area (Å²) in [4.78, 5) is 26.0. The molecular weight excluding hydrogens is 743 g/mol. The number of ether oxygens (including phenoxy) is 1. The van der Waals surface area contributed by atoms with E-state index in [0.717, 1.165) is 83.5 Å². The molecule has 0 aliphatic heterocycles. The number of amides is 1. The van der Waals surface area contributed by atoms with Gasteiger partial charge >= 0.3 is 5.97 Å². The average Bonchev–Trinajstić information content (AvgIpc) is 3.24. The van der Waals surface area contributed by atoms with Crippen molar-refractivity contribution < 1.29 is 24.5 Å². The number of allylic oxidation sites excluding steroid dienone is 12. The Labute approximate surface area is 371 Å². The van der Waals surface area contributed by atoms with E-state index in [2.05, 4.69) is 92.9 Å². The first-order valence-electron chi connectivity index (χ1n) is 25.2. The molecule has 3 atom stereocenters. The smallest absolute Gasteiger partial charge is 0.306 e. The lowest BCUT2D eigenvalue weighted by molar-refractivity contribution is -0.150. The molecule has 0 aromatic rings. The van der Waals surface area contributed by atoms with E-state index in [9.17, 15) is 19.8 Å². The molecule has 0 fully saturated rings. The monoisotopic (exact) mass is 838 g/mol. The summed E-state index contributed by atoms with van der Waals surface area (Å²) < 4.78 is 5.86. The fourth-order valence-electron chi connectivity index (χ4n) is 7.24. The van der Waals surface area contributed by atoms with Gasteiger partial charge in [-0.25, -0.2) is 0 Å². The zero-order chi connectivity index (χ0) is 43.8. The number of carbonyl (C=O) groups is 2. The molecule has 60 heavy (non-hydrogen) atoms. The molecule has 0 bridgehead atoms. The zero-order valence-electron chi connectivity index (χ0n) is 39.3. The standard InChI is InChI=1S/C54H95NO5/c1-4-7-10-13-16-19-22-24-26-28-30-32-35-38-41-44-47-54(59)60-50(45-42-39-36-33-21-18-15-12-9-6-3)48-53(58)55-51(49-56)52(57)46-43-40-37-34-31-29-27-25-23-20-17-14-11-8-5-2/h7,10,16,18-19,21,24,26,30,32,38,41,50-52,56-57H,4-6,8-9,11-15,17,20,22-23,25,27-29,31,33-37,39-40,42-49H2,1-3H3,(H,55,58)/b10-7+,19-16+,21-18-,26-24+,32-30+,41-38+. The predicted molar refractivity (Wildman–Crippen MR) is 259 cm³/mol. The van der Waals surface area contributed by atoms with Crippen LogP contribution in [0.25, 0.3) is 0 Å². The van der Waals surface area contributed by atoms with Gasteiger partial charge in [0.15, 0.2) is 0 Å². The molecule has 0 saturated carbocycles. The normalized spacial score (nSPS) is 13.9. The van der Waals surface area contributed by atoms with Crippen LogP contribution in [0.4, 0.5) is 0 Å². The van der Waals surface area contributed by atoms with Gasteiger partial charge in [0.1, 0.15) is 6.10 Å². The molecule has 0 aliphatic carbocycles. The molecule has 3 unspecified atom stereocenters. The number of esters is 1. The molecule has 0 rings (SSSR count). The lowest BCUT2D eigenvalue weighted by atomic mass is 10.0. The Balaban J connectivity index is 4.62. The predicted octanol–water partition coefficient (Wildman–Crippen LogP) is 15.0. The van der Waals surface area contributed by atoms with Gasteiger partial charge in [-0.1, -0.05) is 209 Å². The van der Waals surface area contributed by atoms with E-state index in [1.54, 1.807) is 0 Å². The van der Waals surface area contributed by atoms with Gasteiger partial charge in [0, 0.05) is 6.42 Å². The summed E-state index contributed by atoms with van der Waals surface area (Å²) in [7, 11) is 0. The Bertz CT molecular complexity index is 1120. The van der Waals surface area contributed by atoms with Crippen LogP contribution in [0.2, 0.25) is 0 Å². The average molecular weight is 838 g/mol. The quantitative estimate of drug-likeness (QED) is 0.0323. The van der Waals surface area contributed by atoms with Crippen molar-refractivity contribution in [3.8, 4) is 0 Å². The number of nitrogens with one attached hydrogen (secondary N) is 1. The zero-order valence-corrected chi connectivity index (χ0v) is 39.3. The van der Waals surface area contributed by atoms with Crippen LogP contribution in [0.5, 0.6) is 0 Å². The molecule has 3 N–H and O–H groups in total. The van der Waals surface area contributed by atoms with Crippen molar-refractivity contribution in [2.75, 3.05) is 6.61 Å². The molecule has 0 saturated heterocycles. The van der Waals surface area contributed by atoms with Crippen molar-refractivity contribution in [1.29, 1.82) is 0 Å². The second-order valence-corrected chi connectivity index (χ2v) is 16.8. The third kappa shape index (κ3) is 42.0. The Morgan fingerprint density at radius 1 is 0.500 bits per heavy atom. The first-order chi connectivity index (χ1) is 29.5. The van der Waals surface area contributed by atoms with Crippen LogP contribution in [-0.2, 0) is 14.3 Å². The summed E-state index contributed by atoms with van der Waals surface area (Å²) in [6, 6.07) is -0.722. The van der Waals surface area contributed by atoms with Crippen molar-refractivity contribution in [3.05, 3.63) is 72.9 Å². The van der Waals surface area contributed by atoms with E-state index < -0.39 is 18.2 Å². The Hall–Kier alpha value is -2.70. The fraction of sp³-hybridized carbons (Fsp3) is 0.741. The van der Waals surface area contributed by atoms with Crippen LogP contribution in [0.15, 0.2) is 72.9 Å². The third-order valence-electron chi connectivity index (χ3n) is 11.0. The van der Waals surface area contributed by atoms with Crippen molar-refractivity contribution in [2.24, 2.45) is 0 Å². The van der Waals surface area contributed by atoms with E-state index in [4.69, 9.17) is 4.74 Å². The molecule has 0 aliphatic rings. The number of rotatable bonds is 44. The Morgan fingerprint density at radius 2 is 0.900 bits per heavy atom. The van der Waals surface area contributed by atoms with Crippen molar-refractivity contribution in [3.63, 3.8) is 0 Å². The minimum Gasteiger partial charge on any atom is -0.462 e. The maximum absolute atomic E-state index is 13.2. The number of carbonyl (C=O) groups excluding carboxylic acids is 2. The summed E-state index contributed by atoms with van der Waals surface area (Å²) >= 11 is 0. The summed E-state index contributed by atoms with van der Waals surface area (Å²) in [6.45, 7) is 6.32. The minimum absolute atomic E-state index is 0.0346. The molecular formula is C54H95NO5. The van der Waals surface area contributed by atoms with Gasteiger partial charge in [-0.15, -0.1) is 0 Å². The summed E-state index contributed by atoms with van der Waals surface area (Å²) in [5, 5.41) is 23.7. The van der Waals surface area contributed by atoms with Crippen LogP contribution in [-0.4, -0.2) is 46.9 Å². The lowest BCUT2D eigenvalue weighted by Gasteiger charge is -2.24. The van der Waals surface area contributed by atoms with Crippen LogP contribution in [0.1, 0.15) is 233 Å². The number of hydrogen-bond acceptors (Lipinski definition) is 5. The van der Waals surface area contributed by atoms with Crippen LogP contribution in [0, 0.1) is 0 Å². The summed E-state index contributed by atoms with van der Waals surface area (Å²) in [6.07, 6.45) is 59.7. The molecule has 6 nitrogen and oxygen atoms in total. The lowest BCUT2D eigenvalue weighted by Crippen LogP contribution is -2.46. The van der Waals surface area contributed by atoms with E-state index in [1.165, 1.54) is 96.3 Å². The van der Waals surface area contributed by atoms with Gasteiger partial charge in [-0.05, 0) is 83.5 Å². The highest BCUT2D eigenvalue weighted by molar-refractivity contribution is 5.77. The second-order valence-electron chi connectivity index (χ2n) is 16.8. The first-order valence-corrected chi connectivity index (χ1v) is 25.2. The molecule has 0 aromatic heterocycles. The molecule has 6 heteroatoms. The Morgan fingerprint density at radius 3 is 1.40 bits per heavy atom. The first kappa shape index (κ1) is 57.3. The van der Waals surface area contributed by atoms with Crippen molar-refractivity contribution >= 4 is 11.9 Å². The van der Waals surface area contributed by atoms with E-state index in [0.29, 0.717) is 19.3 Å². The fourth-order valence-corrected chi connectivity index (χ4v) is 7.24. The summed E-state index contributed by atoms with van der Waals surface area (Å²) in [5.74, 6) is -0.592. The number of unbranched alkanes of at least 4 members (excludes halogenated alkanes) is 20. The van der Waals surface area contributed by atoms with E-state index in [1.807, 2.05) is 6.08 Å². The van der Waals surface area contributed by atoms with Gasteiger partial charge in [-0.3, -0.25) is 9.59 Å². The van der Waals surface area contributed by atoms with Crippen molar-refractivity contribution in [2.45, 2.75) is 251 Å². The maximum Gasteiger partial charge on any atom is 0.306 e. The highest BCUT2D eigenvalue weighted by atomic mass is 16.5. The molecule has 0 spiro atoms. The van der Waals surface area contributed by atoms with E-state index in [-0.39, 0.29) is 31.3 Å². The van der Waals surface area contributed by atoms with Gasteiger partial charge in [-0.2, -0.15) is 0 Å². The highest BCUT2D eigenvalue weighted by Gasteiger charge is 2.24. The third-order valence-corrected chi connectivity index (χ3v) is 11.0. The van der Waals surface area contributed by atoms with Gasteiger partial charge in [0.25, 0.3) is 0 Å². The highest BCUT2D eigenvalue weighted by Crippen LogP contribution is 2.17. The number of aliphatic hydroxyl groups is 2. The van der Waals surface area contributed by atoms with Crippen LogP contribution < -0.4 is 5.32 Å².